The molecule has 0 saturated heterocycles. The van der Waals surface area contributed by atoms with Gasteiger partial charge in [-0.2, -0.15) is 11.3 Å². The Bertz CT molecular complexity index is 423. The van der Waals surface area contributed by atoms with Gasteiger partial charge in [0.2, 0.25) is 0 Å². The monoisotopic (exact) mass is 234 g/mol. The summed E-state index contributed by atoms with van der Waals surface area (Å²) in [5, 5.41) is 10.8. The molecule has 1 aromatic carbocycles. The quantitative estimate of drug-likeness (QED) is 0.777. The number of hydrogen-bond donors (Lipinski definition) is 2. The fraction of sp³-hybridized carbons (Fsp3) is 0. The number of anilines is 2. The molecule has 2 aromatic rings. The highest BCUT2D eigenvalue weighted by atomic mass is 32.1. The van der Waals surface area contributed by atoms with E-state index in [9.17, 15) is 0 Å². The van der Waals surface area contributed by atoms with Gasteiger partial charge in [-0.15, -0.1) is 0 Å². The first-order chi connectivity index (χ1) is 7.34. The third-order valence-electron chi connectivity index (χ3n) is 1.81. The summed E-state index contributed by atoms with van der Waals surface area (Å²) in [7, 11) is 0. The molecule has 0 amide bonds. The van der Waals surface area contributed by atoms with Gasteiger partial charge >= 0.3 is 0 Å². The van der Waals surface area contributed by atoms with Crippen LogP contribution in [0.3, 0.4) is 0 Å². The third-order valence-corrected chi connectivity index (χ3v) is 2.70. The number of nitrogens with one attached hydrogen (secondary N) is 2. The number of rotatable bonds is 2. The molecule has 2 rings (SSSR count). The van der Waals surface area contributed by atoms with Crippen LogP contribution in [0.5, 0.6) is 0 Å². The maximum absolute atomic E-state index is 5.17. The van der Waals surface area contributed by atoms with E-state index in [1.165, 1.54) is 0 Å². The predicted molar refractivity (Wildman–Crippen MR) is 70.6 cm³/mol. The maximum Gasteiger partial charge on any atom is 0.175 e. The lowest BCUT2D eigenvalue weighted by atomic mass is 10.3. The van der Waals surface area contributed by atoms with Crippen molar-refractivity contribution in [2.24, 2.45) is 0 Å². The first-order valence-corrected chi connectivity index (χ1v) is 5.85. The van der Waals surface area contributed by atoms with Gasteiger partial charge < -0.3 is 10.6 Å². The summed E-state index contributed by atoms with van der Waals surface area (Å²) < 4.78 is 0. The van der Waals surface area contributed by atoms with Crippen molar-refractivity contribution in [2.45, 2.75) is 0 Å². The molecule has 0 saturated carbocycles. The zero-order valence-corrected chi connectivity index (χ0v) is 9.57. The molecule has 0 spiro atoms. The number of thiophene rings is 1. The molecule has 2 nitrogen and oxygen atoms in total. The van der Waals surface area contributed by atoms with Crippen molar-refractivity contribution in [1.82, 2.24) is 0 Å². The average molecular weight is 234 g/mol. The molecule has 0 bridgehead atoms. The molecular weight excluding hydrogens is 224 g/mol. The Balaban J connectivity index is 1.94. The van der Waals surface area contributed by atoms with E-state index >= 15 is 0 Å². The minimum atomic E-state index is 0.611. The Kier molecular flexibility index (Phi) is 3.32. The van der Waals surface area contributed by atoms with Crippen LogP contribution in [-0.4, -0.2) is 5.11 Å². The van der Waals surface area contributed by atoms with E-state index in [2.05, 4.69) is 10.6 Å². The van der Waals surface area contributed by atoms with E-state index in [-0.39, 0.29) is 0 Å². The molecule has 0 fully saturated rings. The first-order valence-electron chi connectivity index (χ1n) is 4.50. The molecule has 0 unspecified atom stereocenters. The van der Waals surface area contributed by atoms with Crippen LogP contribution in [0.15, 0.2) is 47.2 Å². The van der Waals surface area contributed by atoms with Gasteiger partial charge in [0.1, 0.15) is 0 Å². The maximum atomic E-state index is 5.17. The molecule has 0 radical (unpaired) electrons. The number of hydrogen-bond acceptors (Lipinski definition) is 2. The second-order valence-electron chi connectivity index (χ2n) is 2.96. The van der Waals surface area contributed by atoms with Crippen molar-refractivity contribution in [3.8, 4) is 0 Å². The Hall–Kier alpha value is -1.39. The molecule has 1 aromatic heterocycles. The van der Waals surface area contributed by atoms with Gasteiger partial charge in [0.25, 0.3) is 0 Å². The molecule has 0 aliphatic heterocycles. The molecule has 1 heterocycles. The smallest absolute Gasteiger partial charge is 0.175 e. The molecule has 76 valence electrons. The lowest BCUT2D eigenvalue weighted by Gasteiger charge is -2.08. The van der Waals surface area contributed by atoms with Crippen molar-refractivity contribution in [3.63, 3.8) is 0 Å². The van der Waals surface area contributed by atoms with E-state index in [0.29, 0.717) is 5.11 Å². The minimum Gasteiger partial charge on any atom is -0.332 e. The van der Waals surface area contributed by atoms with Crippen molar-refractivity contribution in [2.75, 3.05) is 10.6 Å². The van der Waals surface area contributed by atoms with Gasteiger partial charge in [-0.3, -0.25) is 0 Å². The molecular formula is C11H10N2S2. The minimum absolute atomic E-state index is 0.611. The van der Waals surface area contributed by atoms with Gasteiger partial charge in [0, 0.05) is 11.1 Å². The van der Waals surface area contributed by atoms with E-state index in [0.717, 1.165) is 11.4 Å². The average Bonchev–Trinajstić information content (AvgIpc) is 2.71. The Labute approximate surface area is 98.0 Å². The largest absolute Gasteiger partial charge is 0.332 e. The van der Waals surface area contributed by atoms with Crippen LogP contribution in [0.2, 0.25) is 0 Å². The standard InChI is InChI=1S/C11H10N2S2/c14-11(13-10-6-7-15-8-10)12-9-4-2-1-3-5-9/h1-8H,(H2,12,13,14). The molecule has 0 atom stereocenters. The van der Waals surface area contributed by atoms with Gasteiger partial charge in [0.15, 0.2) is 5.11 Å². The van der Waals surface area contributed by atoms with E-state index in [1.54, 1.807) is 11.3 Å². The molecule has 4 heteroatoms. The van der Waals surface area contributed by atoms with E-state index in [1.807, 2.05) is 47.2 Å². The van der Waals surface area contributed by atoms with E-state index < -0.39 is 0 Å². The Morgan fingerprint density at radius 2 is 1.73 bits per heavy atom. The van der Waals surface area contributed by atoms with Gasteiger partial charge in [-0.05, 0) is 35.8 Å². The normalized spacial score (nSPS) is 9.60. The highest BCUT2D eigenvalue weighted by Crippen LogP contribution is 2.12. The summed E-state index contributed by atoms with van der Waals surface area (Å²) in [5.41, 5.74) is 2.01. The van der Waals surface area contributed by atoms with Crippen LogP contribution in [0.25, 0.3) is 0 Å². The Morgan fingerprint density at radius 1 is 1.00 bits per heavy atom. The zero-order valence-electron chi connectivity index (χ0n) is 7.94. The SMILES string of the molecule is S=C(Nc1ccccc1)Nc1ccsc1. The zero-order chi connectivity index (χ0) is 10.5. The van der Waals surface area contributed by atoms with Gasteiger partial charge in [-0.1, -0.05) is 18.2 Å². The lowest BCUT2D eigenvalue weighted by Crippen LogP contribution is -2.18. The summed E-state index contributed by atoms with van der Waals surface area (Å²) >= 11 is 6.80. The summed E-state index contributed by atoms with van der Waals surface area (Å²) in [6, 6.07) is 11.8. The van der Waals surface area contributed by atoms with Crippen LogP contribution < -0.4 is 10.6 Å². The number of benzene rings is 1. The first kappa shape index (κ1) is 10.1. The Morgan fingerprint density at radius 3 is 2.40 bits per heavy atom. The van der Waals surface area contributed by atoms with Crippen molar-refractivity contribution in [3.05, 3.63) is 47.2 Å². The predicted octanol–water partition coefficient (Wildman–Crippen LogP) is 3.56. The summed E-state index contributed by atoms with van der Waals surface area (Å²) in [6.45, 7) is 0. The highest BCUT2D eigenvalue weighted by molar-refractivity contribution is 7.80. The van der Waals surface area contributed by atoms with Crippen LogP contribution in [0, 0.1) is 0 Å². The van der Waals surface area contributed by atoms with Gasteiger partial charge in [-0.25, -0.2) is 0 Å². The van der Waals surface area contributed by atoms with E-state index in [4.69, 9.17) is 12.2 Å². The summed E-state index contributed by atoms with van der Waals surface area (Å²) in [6.07, 6.45) is 0. The summed E-state index contributed by atoms with van der Waals surface area (Å²) in [5.74, 6) is 0. The molecule has 0 aliphatic rings. The fourth-order valence-corrected chi connectivity index (χ4v) is 1.97. The molecule has 0 aliphatic carbocycles. The van der Waals surface area contributed by atoms with Crippen LogP contribution in [-0.2, 0) is 0 Å². The molecule has 2 N–H and O–H groups in total. The van der Waals surface area contributed by atoms with Crippen molar-refractivity contribution in [1.29, 1.82) is 0 Å². The van der Waals surface area contributed by atoms with Crippen LogP contribution in [0.4, 0.5) is 11.4 Å². The van der Waals surface area contributed by atoms with Crippen LogP contribution in [0.1, 0.15) is 0 Å². The second kappa shape index (κ2) is 4.91. The number of thiocarbonyl (C=S) groups is 1. The van der Waals surface area contributed by atoms with Crippen LogP contribution >= 0.6 is 23.6 Å². The lowest BCUT2D eigenvalue weighted by molar-refractivity contribution is 1.62. The highest BCUT2D eigenvalue weighted by Gasteiger charge is 1.97. The van der Waals surface area contributed by atoms with Gasteiger partial charge in [0.05, 0.1) is 5.69 Å². The fourth-order valence-electron chi connectivity index (χ4n) is 1.15. The molecule has 15 heavy (non-hydrogen) atoms. The third kappa shape index (κ3) is 3.04. The topological polar surface area (TPSA) is 24.1 Å². The van der Waals surface area contributed by atoms with Crippen molar-refractivity contribution >= 4 is 40.0 Å². The van der Waals surface area contributed by atoms with Crippen molar-refractivity contribution < 1.29 is 0 Å². The second-order valence-corrected chi connectivity index (χ2v) is 4.15. The number of para-hydroxylation sites is 1. The summed E-state index contributed by atoms with van der Waals surface area (Å²) in [4.78, 5) is 0.